The van der Waals surface area contributed by atoms with Crippen molar-refractivity contribution in [2.24, 2.45) is 0 Å². The van der Waals surface area contributed by atoms with E-state index >= 15 is 0 Å². The summed E-state index contributed by atoms with van der Waals surface area (Å²) in [7, 11) is 0. The molecule has 1 aromatic heterocycles. The maximum absolute atomic E-state index is 10.2. The molecular formula is C12H21N3O. The molecule has 0 aliphatic rings. The van der Waals surface area contributed by atoms with Crippen molar-refractivity contribution < 1.29 is 5.11 Å². The molecule has 1 aromatic rings. The van der Waals surface area contributed by atoms with Crippen LogP contribution in [0.25, 0.3) is 0 Å². The average molecular weight is 223 g/mol. The van der Waals surface area contributed by atoms with Gasteiger partial charge in [-0.2, -0.15) is 0 Å². The maximum atomic E-state index is 10.2. The Hall–Kier alpha value is -1.13. The van der Waals surface area contributed by atoms with E-state index in [1.54, 1.807) is 25.4 Å². The summed E-state index contributed by atoms with van der Waals surface area (Å²) in [5, 5.41) is 13.4. The molecule has 0 saturated heterocycles. The molecule has 0 fully saturated rings. The van der Waals surface area contributed by atoms with E-state index in [9.17, 15) is 5.11 Å². The summed E-state index contributed by atoms with van der Waals surface area (Å²) in [6.45, 7) is 6.44. The second-order valence-corrected chi connectivity index (χ2v) is 4.78. The fourth-order valence-electron chi connectivity index (χ4n) is 1.48. The first-order chi connectivity index (χ1) is 7.41. The van der Waals surface area contributed by atoms with Gasteiger partial charge in [0.2, 0.25) is 0 Å². The van der Waals surface area contributed by atoms with Crippen LogP contribution in [0.5, 0.6) is 0 Å². The van der Waals surface area contributed by atoms with Gasteiger partial charge in [0, 0.05) is 37.1 Å². The predicted octanol–water partition coefficient (Wildman–Crippen LogP) is 0.955. The summed E-state index contributed by atoms with van der Waals surface area (Å²) < 4.78 is 0. The minimum atomic E-state index is -0.804. The fraction of sp³-hybridized carbons (Fsp3) is 0.583. The molecule has 16 heavy (non-hydrogen) atoms. The summed E-state index contributed by atoms with van der Waals surface area (Å²) in [4.78, 5) is 4.01. The average Bonchev–Trinajstić information content (AvgIpc) is 2.19. The van der Waals surface area contributed by atoms with Crippen LogP contribution in [-0.2, 0) is 6.42 Å². The van der Waals surface area contributed by atoms with Gasteiger partial charge in [0.1, 0.15) is 0 Å². The highest BCUT2D eigenvalue weighted by atomic mass is 16.3. The Bertz CT molecular complexity index is 337. The Kier molecular flexibility index (Phi) is 4.26. The van der Waals surface area contributed by atoms with Crippen LogP contribution in [0.2, 0.25) is 0 Å². The molecule has 0 aromatic carbocycles. The highest BCUT2D eigenvalue weighted by Crippen LogP contribution is 2.17. The van der Waals surface area contributed by atoms with E-state index in [1.807, 2.05) is 0 Å². The number of nitrogen functional groups attached to an aromatic ring is 1. The number of hydrogen-bond donors (Lipinski definition) is 3. The highest BCUT2D eigenvalue weighted by Gasteiger charge is 2.22. The van der Waals surface area contributed by atoms with E-state index in [-0.39, 0.29) is 0 Å². The molecule has 90 valence electrons. The Morgan fingerprint density at radius 2 is 2.25 bits per heavy atom. The van der Waals surface area contributed by atoms with Crippen LogP contribution >= 0.6 is 0 Å². The smallest absolute Gasteiger partial charge is 0.0785 e. The number of pyridine rings is 1. The number of aliphatic hydroxyl groups is 1. The van der Waals surface area contributed by atoms with Crippen molar-refractivity contribution in [1.82, 2.24) is 10.3 Å². The second-order valence-electron chi connectivity index (χ2n) is 4.78. The minimum Gasteiger partial charge on any atom is -0.398 e. The van der Waals surface area contributed by atoms with E-state index in [2.05, 4.69) is 24.1 Å². The first-order valence-electron chi connectivity index (χ1n) is 5.55. The van der Waals surface area contributed by atoms with E-state index < -0.39 is 5.60 Å². The predicted molar refractivity (Wildman–Crippen MR) is 66.1 cm³/mol. The zero-order valence-corrected chi connectivity index (χ0v) is 10.2. The molecule has 1 heterocycles. The summed E-state index contributed by atoms with van der Waals surface area (Å²) in [6.07, 6.45) is 3.87. The molecule has 1 unspecified atom stereocenters. The van der Waals surface area contributed by atoms with Gasteiger partial charge < -0.3 is 16.2 Å². The fourth-order valence-corrected chi connectivity index (χ4v) is 1.48. The van der Waals surface area contributed by atoms with Gasteiger partial charge in [0.25, 0.3) is 0 Å². The Balaban J connectivity index is 2.62. The number of aromatic nitrogens is 1. The molecule has 0 saturated carbocycles. The topological polar surface area (TPSA) is 71.2 Å². The van der Waals surface area contributed by atoms with Crippen molar-refractivity contribution in [2.45, 2.75) is 38.8 Å². The normalized spacial score (nSPS) is 15.1. The van der Waals surface area contributed by atoms with Crippen LogP contribution in [0.4, 0.5) is 5.69 Å². The van der Waals surface area contributed by atoms with Crippen LogP contribution in [0.1, 0.15) is 26.3 Å². The van der Waals surface area contributed by atoms with Crippen molar-refractivity contribution in [2.75, 3.05) is 12.3 Å². The third-order valence-electron chi connectivity index (χ3n) is 2.40. The van der Waals surface area contributed by atoms with E-state index in [4.69, 9.17) is 5.73 Å². The highest BCUT2D eigenvalue weighted by molar-refractivity contribution is 5.44. The lowest BCUT2D eigenvalue weighted by atomic mass is 9.96. The molecule has 1 rings (SSSR count). The van der Waals surface area contributed by atoms with Gasteiger partial charge in [-0.25, -0.2) is 0 Å². The first kappa shape index (κ1) is 12.9. The number of rotatable bonds is 5. The Labute approximate surface area is 96.9 Å². The lowest BCUT2D eigenvalue weighted by molar-refractivity contribution is 0.0582. The summed E-state index contributed by atoms with van der Waals surface area (Å²) in [6, 6.07) is 2.11. The lowest BCUT2D eigenvalue weighted by Gasteiger charge is -2.25. The third kappa shape index (κ3) is 4.16. The Morgan fingerprint density at radius 3 is 2.81 bits per heavy atom. The van der Waals surface area contributed by atoms with Crippen LogP contribution in [0.15, 0.2) is 18.5 Å². The number of anilines is 1. The molecule has 4 N–H and O–H groups in total. The van der Waals surface area contributed by atoms with Gasteiger partial charge in [-0.15, -0.1) is 0 Å². The zero-order chi connectivity index (χ0) is 12.2. The quantitative estimate of drug-likeness (QED) is 0.695. The van der Waals surface area contributed by atoms with E-state index in [1.165, 1.54) is 0 Å². The molecule has 4 nitrogen and oxygen atoms in total. The summed E-state index contributed by atoms with van der Waals surface area (Å²) in [5.41, 5.74) is 6.58. The van der Waals surface area contributed by atoms with Gasteiger partial charge in [-0.1, -0.05) is 13.8 Å². The van der Waals surface area contributed by atoms with Crippen LogP contribution in [-0.4, -0.2) is 28.3 Å². The molecule has 0 aliphatic carbocycles. The van der Waals surface area contributed by atoms with Crippen LogP contribution in [0, 0.1) is 0 Å². The maximum Gasteiger partial charge on any atom is 0.0785 e. The van der Waals surface area contributed by atoms with Crippen molar-refractivity contribution >= 4 is 5.69 Å². The molecule has 1 atom stereocenters. The molecule has 0 spiro atoms. The van der Waals surface area contributed by atoms with Crippen molar-refractivity contribution in [1.29, 1.82) is 0 Å². The van der Waals surface area contributed by atoms with Crippen LogP contribution in [0.3, 0.4) is 0 Å². The van der Waals surface area contributed by atoms with Gasteiger partial charge in [0.05, 0.1) is 5.60 Å². The molecule has 4 heteroatoms. The van der Waals surface area contributed by atoms with Crippen molar-refractivity contribution in [3.8, 4) is 0 Å². The molecule has 0 radical (unpaired) electrons. The first-order valence-corrected chi connectivity index (χ1v) is 5.55. The largest absolute Gasteiger partial charge is 0.398 e. The number of nitrogens with zero attached hydrogens (tertiary/aromatic N) is 1. The zero-order valence-electron chi connectivity index (χ0n) is 10.2. The van der Waals surface area contributed by atoms with Crippen LogP contribution < -0.4 is 11.1 Å². The number of hydrogen-bond acceptors (Lipinski definition) is 4. The summed E-state index contributed by atoms with van der Waals surface area (Å²) >= 11 is 0. The molecule has 0 amide bonds. The number of nitrogens with two attached hydrogens (primary N) is 1. The summed E-state index contributed by atoms with van der Waals surface area (Å²) in [5.74, 6) is 0. The number of nitrogens with one attached hydrogen (secondary N) is 1. The van der Waals surface area contributed by atoms with Crippen molar-refractivity contribution in [3.63, 3.8) is 0 Å². The molecular weight excluding hydrogens is 202 g/mol. The monoisotopic (exact) mass is 223 g/mol. The molecule has 0 bridgehead atoms. The lowest BCUT2D eigenvalue weighted by Crippen LogP contribution is -2.42. The van der Waals surface area contributed by atoms with Crippen molar-refractivity contribution in [3.05, 3.63) is 24.0 Å². The molecule has 0 aliphatic heterocycles. The third-order valence-corrected chi connectivity index (χ3v) is 2.40. The van der Waals surface area contributed by atoms with E-state index in [0.717, 1.165) is 5.56 Å². The van der Waals surface area contributed by atoms with E-state index in [0.29, 0.717) is 24.7 Å². The second kappa shape index (κ2) is 5.27. The van der Waals surface area contributed by atoms with Gasteiger partial charge >= 0.3 is 0 Å². The van der Waals surface area contributed by atoms with Gasteiger partial charge in [0.15, 0.2) is 0 Å². The van der Waals surface area contributed by atoms with Gasteiger partial charge in [-0.3, -0.25) is 4.98 Å². The van der Waals surface area contributed by atoms with Gasteiger partial charge in [-0.05, 0) is 18.6 Å². The SMILES string of the molecule is CC(C)NCC(C)(O)Cc1cnccc1N. The standard InChI is InChI=1S/C12H21N3O/c1-9(2)15-8-12(3,16)6-10-7-14-5-4-11(10)13/h4-5,7,9,15-16H,6,8H2,1-3H3,(H2,13,14). The minimum absolute atomic E-state index is 0.359. The Morgan fingerprint density at radius 1 is 1.56 bits per heavy atom.